The molecule has 82 valence electrons. The van der Waals surface area contributed by atoms with Gasteiger partial charge in [-0.3, -0.25) is 0 Å². The lowest BCUT2D eigenvalue weighted by atomic mass is 9.91. The van der Waals surface area contributed by atoms with E-state index in [9.17, 15) is 5.11 Å². The van der Waals surface area contributed by atoms with Crippen LogP contribution in [0, 0.1) is 0 Å². The molecule has 0 amide bonds. The van der Waals surface area contributed by atoms with E-state index in [4.69, 9.17) is 0 Å². The fourth-order valence-electron chi connectivity index (χ4n) is 1.88. The summed E-state index contributed by atoms with van der Waals surface area (Å²) in [5, 5.41) is 10.2. The van der Waals surface area contributed by atoms with Crippen molar-refractivity contribution in [3.63, 3.8) is 0 Å². The van der Waals surface area contributed by atoms with E-state index in [2.05, 4.69) is 12.1 Å². The minimum absolute atomic E-state index is 0.114. The molecular formula is C15H16O. The smallest absolute Gasteiger partial charge is 0.0855 e. The highest BCUT2D eigenvalue weighted by Gasteiger charge is 2.17. The third-order valence-electron chi connectivity index (χ3n) is 2.94. The van der Waals surface area contributed by atoms with Gasteiger partial charge in [0.1, 0.15) is 0 Å². The van der Waals surface area contributed by atoms with Crippen LogP contribution >= 0.6 is 0 Å². The minimum Gasteiger partial charge on any atom is -0.388 e. The number of aliphatic hydroxyl groups excluding tert-OH is 1. The molecule has 1 heteroatoms. The molecule has 16 heavy (non-hydrogen) atoms. The van der Waals surface area contributed by atoms with Crippen LogP contribution in [0.2, 0.25) is 0 Å². The molecule has 1 N–H and O–H groups in total. The van der Waals surface area contributed by atoms with Gasteiger partial charge >= 0.3 is 0 Å². The molecule has 0 bridgehead atoms. The summed E-state index contributed by atoms with van der Waals surface area (Å²) in [4.78, 5) is 0. The molecule has 0 aromatic heterocycles. The van der Waals surface area contributed by atoms with Crippen LogP contribution in [-0.2, 0) is 0 Å². The van der Waals surface area contributed by atoms with Gasteiger partial charge in [0.25, 0.3) is 0 Å². The standard InChI is InChI=1S/C15H16O/c1-12(13-8-4-2-5-9-13)15(16)14-10-6-3-7-11-14/h2-12,15-16H,1H3/t12-,15-/m0/s1. The van der Waals surface area contributed by atoms with Crippen LogP contribution < -0.4 is 0 Å². The summed E-state index contributed by atoms with van der Waals surface area (Å²) in [5.41, 5.74) is 2.14. The van der Waals surface area contributed by atoms with E-state index in [1.807, 2.05) is 55.5 Å². The Morgan fingerprint density at radius 2 is 1.19 bits per heavy atom. The zero-order chi connectivity index (χ0) is 11.4. The molecule has 0 aliphatic carbocycles. The summed E-state index contributed by atoms with van der Waals surface area (Å²) in [6, 6.07) is 19.9. The van der Waals surface area contributed by atoms with Gasteiger partial charge in [0, 0.05) is 5.92 Å². The van der Waals surface area contributed by atoms with Gasteiger partial charge in [-0.05, 0) is 11.1 Å². The zero-order valence-corrected chi connectivity index (χ0v) is 9.38. The topological polar surface area (TPSA) is 20.2 Å². The number of benzene rings is 2. The van der Waals surface area contributed by atoms with Crippen molar-refractivity contribution in [3.05, 3.63) is 71.8 Å². The molecule has 2 atom stereocenters. The molecular weight excluding hydrogens is 196 g/mol. The number of hydrogen-bond donors (Lipinski definition) is 1. The molecule has 2 aromatic carbocycles. The van der Waals surface area contributed by atoms with Crippen LogP contribution in [0.25, 0.3) is 0 Å². The van der Waals surface area contributed by atoms with Crippen molar-refractivity contribution in [1.82, 2.24) is 0 Å². The molecule has 2 rings (SSSR count). The lowest BCUT2D eigenvalue weighted by Crippen LogP contribution is -2.07. The average molecular weight is 212 g/mol. The van der Waals surface area contributed by atoms with Crippen LogP contribution in [0.5, 0.6) is 0 Å². The van der Waals surface area contributed by atoms with Crippen LogP contribution in [-0.4, -0.2) is 5.11 Å². The molecule has 0 aliphatic heterocycles. The highest BCUT2D eigenvalue weighted by Crippen LogP contribution is 2.29. The van der Waals surface area contributed by atoms with E-state index in [-0.39, 0.29) is 5.92 Å². The molecule has 0 aliphatic rings. The second kappa shape index (κ2) is 4.95. The number of hydrogen-bond acceptors (Lipinski definition) is 1. The van der Waals surface area contributed by atoms with Crippen molar-refractivity contribution >= 4 is 0 Å². The van der Waals surface area contributed by atoms with Crippen LogP contribution in [0.1, 0.15) is 30.1 Å². The van der Waals surface area contributed by atoms with Gasteiger partial charge < -0.3 is 5.11 Å². The summed E-state index contributed by atoms with van der Waals surface area (Å²) in [6.07, 6.45) is -0.441. The van der Waals surface area contributed by atoms with Crippen molar-refractivity contribution in [3.8, 4) is 0 Å². The first-order valence-corrected chi connectivity index (χ1v) is 5.57. The van der Waals surface area contributed by atoms with Crippen LogP contribution in [0.3, 0.4) is 0 Å². The SMILES string of the molecule is C[C@@H](c1ccccc1)[C@H](O)c1ccccc1. The Labute approximate surface area is 96.4 Å². The first kappa shape index (κ1) is 10.9. The second-order valence-electron chi connectivity index (χ2n) is 4.05. The maximum absolute atomic E-state index is 10.2. The lowest BCUT2D eigenvalue weighted by Gasteiger charge is -2.19. The monoisotopic (exact) mass is 212 g/mol. The molecule has 0 saturated carbocycles. The Hall–Kier alpha value is -1.60. The van der Waals surface area contributed by atoms with E-state index in [1.54, 1.807) is 0 Å². The van der Waals surface area contributed by atoms with Gasteiger partial charge in [-0.25, -0.2) is 0 Å². The Morgan fingerprint density at radius 1 is 0.750 bits per heavy atom. The Morgan fingerprint density at radius 3 is 1.69 bits per heavy atom. The van der Waals surface area contributed by atoms with Crippen molar-refractivity contribution in [2.45, 2.75) is 18.9 Å². The van der Waals surface area contributed by atoms with Gasteiger partial charge in [0.2, 0.25) is 0 Å². The Bertz CT molecular complexity index is 378. The lowest BCUT2D eigenvalue weighted by molar-refractivity contribution is 0.151. The maximum atomic E-state index is 10.2. The van der Waals surface area contributed by atoms with Gasteiger partial charge in [0.05, 0.1) is 6.10 Å². The Kier molecular flexibility index (Phi) is 3.37. The zero-order valence-electron chi connectivity index (χ0n) is 9.38. The van der Waals surface area contributed by atoms with Gasteiger partial charge in [0.15, 0.2) is 0 Å². The van der Waals surface area contributed by atoms with E-state index in [1.165, 1.54) is 5.56 Å². The summed E-state index contributed by atoms with van der Waals surface area (Å²) in [6.45, 7) is 2.05. The first-order valence-electron chi connectivity index (χ1n) is 5.57. The van der Waals surface area contributed by atoms with Crippen molar-refractivity contribution in [2.75, 3.05) is 0 Å². The summed E-state index contributed by atoms with van der Waals surface area (Å²) in [5.74, 6) is 0.114. The van der Waals surface area contributed by atoms with E-state index in [0.717, 1.165) is 5.56 Å². The average Bonchev–Trinajstić information content (AvgIpc) is 2.39. The fourth-order valence-corrected chi connectivity index (χ4v) is 1.88. The van der Waals surface area contributed by atoms with E-state index < -0.39 is 6.10 Å². The summed E-state index contributed by atoms with van der Waals surface area (Å²) < 4.78 is 0. The molecule has 2 aromatic rings. The predicted molar refractivity (Wildman–Crippen MR) is 66.3 cm³/mol. The first-order chi connectivity index (χ1) is 7.79. The molecule has 0 radical (unpaired) electrons. The number of rotatable bonds is 3. The molecule has 1 nitrogen and oxygen atoms in total. The molecule has 0 unspecified atom stereocenters. The van der Waals surface area contributed by atoms with E-state index >= 15 is 0 Å². The molecule has 0 spiro atoms. The van der Waals surface area contributed by atoms with Crippen molar-refractivity contribution in [2.24, 2.45) is 0 Å². The molecule has 0 saturated heterocycles. The predicted octanol–water partition coefficient (Wildman–Crippen LogP) is 3.52. The van der Waals surface area contributed by atoms with Crippen LogP contribution in [0.15, 0.2) is 60.7 Å². The van der Waals surface area contributed by atoms with Gasteiger partial charge in [-0.15, -0.1) is 0 Å². The molecule has 0 fully saturated rings. The third-order valence-corrected chi connectivity index (χ3v) is 2.94. The molecule has 0 heterocycles. The maximum Gasteiger partial charge on any atom is 0.0855 e. The highest BCUT2D eigenvalue weighted by atomic mass is 16.3. The van der Waals surface area contributed by atoms with Gasteiger partial charge in [-0.1, -0.05) is 67.6 Å². The number of aliphatic hydroxyl groups is 1. The van der Waals surface area contributed by atoms with Gasteiger partial charge in [-0.2, -0.15) is 0 Å². The highest BCUT2D eigenvalue weighted by molar-refractivity contribution is 5.25. The quantitative estimate of drug-likeness (QED) is 0.825. The van der Waals surface area contributed by atoms with Crippen LogP contribution in [0.4, 0.5) is 0 Å². The summed E-state index contributed by atoms with van der Waals surface area (Å²) >= 11 is 0. The summed E-state index contributed by atoms with van der Waals surface area (Å²) in [7, 11) is 0. The van der Waals surface area contributed by atoms with E-state index in [0.29, 0.717) is 0 Å². The third kappa shape index (κ3) is 2.31. The fraction of sp³-hybridized carbons (Fsp3) is 0.200. The Balaban J connectivity index is 2.20. The largest absolute Gasteiger partial charge is 0.388 e. The second-order valence-corrected chi connectivity index (χ2v) is 4.05. The van der Waals surface area contributed by atoms with Crippen molar-refractivity contribution in [1.29, 1.82) is 0 Å². The minimum atomic E-state index is -0.441. The van der Waals surface area contributed by atoms with Crippen molar-refractivity contribution < 1.29 is 5.11 Å². The normalized spacial score (nSPS) is 14.4.